The molecule has 0 bridgehead atoms. The van der Waals surface area contributed by atoms with Crippen LogP contribution in [0.4, 0.5) is 0 Å². The number of hydrogen-bond acceptors (Lipinski definition) is 3. The molecule has 22 heavy (non-hydrogen) atoms. The largest absolute Gasteiger partial charge is 0.481 e. The van der Waals surface area contributed by atoms with Crippen LogP contribution >= 0.6 is 0 Å². The Bertz CT molecular complexity index is 586. The zero-order valence-corrected chi connectivity index (χ0v) is 13.2. The van der Waals surface area contributed by atoms with E-state index in [0.29, 0.717) is 12.2 Å². The normalized spacial score (nSPS) is 24.5. The lowest BCUT2D eigenvalue weighted by Crippen LogP contribution is -2.30. The summed E-state index contributed by atoms with van der Waals surface area (Å²) in [6.07, 6.45) is 3.52. The van der Waals surface area contributed by atoms with Crippen molar-refractivity contribution in [1.29, 1.82) is 0 Å². The van der Waals surface area contributed by atoms with Crippen molar-refractivity contribution in [3.63, 3.8) is 0 Å². The fourth-order valence-corrected chi connectivity index (χ4v) is 3.31. The molecule has 0 amide bonds. The number of rotatable bonds is 4. The number of carbonyl (C=O) groups is 2. The minimum atomic E-state index is -0.716. The first-order valence-corrected chi connectivity index (χ1v) is 7.65. The summed E-state index contributed by atoms with van der Waals surface area (Å²) in [4.78, 5) is 22.3. The molecule has 2 rings (SSSR count). The van der Waals surface area contributed by atoms with Gasteiger partial charge in [-0.1, -0.05) is 32.1 Å². The molecule has 0 spiro atoms. The van der Waals surface area contributed by atoms with Crippen LogP contribution in [-0.4, -0.2) is 17.0 Å². The average Bonchev–Trinajstić information content (AvgIpc) is 2.46. The zero-order valence-electron chi connectivity index (χ0n) is 13.2. The fraction of sp³-hybridized carbons (Fsp3) is 0.444. The molecule has 0 aliphatic heterocycles. The van der Waals surface area contributed by atoms with E-state index in [1.807, 2.05) is 25.1 Å². The Morgan fingerprint density at radius 1 is 1.27 bits per heavy atom. The maximum absolute atomic E-state index is 11.3. The topological polar surface area (TPSA) is 63.6 Å². The lowest BCUT2D eigenvalue weighted by atomic mass is 9.70. The van der Waals surface area contributed by atoms with E-state index in [4.69, 9.17) is 4.74 Å². The second-order valence-corrected chi connectivity index (χ2v) is 5.83. The first-order chi connectivity index (χ1) is 10.4. The van der Waals surface area contributed by atoms with E-state index in [1.54, 1.807) is 12.1 Å². The highest BCUT2D eigenvalue weighted by molar-refractivity contribution is 5.76. The molecule has 118 valence electrons. The SMILES string of the molecule is CC[C@@H]1C(c2ccc(OC(C)=O)cc2)=CC[C@H](C(=O)O)[C@@H]1C. The molecule has 1 aromatic rings. The first kappa shape index (κ1) is 16.3. The van der Waals surface area contributed by atoms with E-state index in [-0.39, 0.29) is 23.7 Å². The van der Waals surface area contributed by atoms with Crippen molar-refractivity contribution in [2.24, 2.45) is 17.8 Å². The second kappa shape index (κ2) is 6.77. The Morgan fingerprint density at radius 2 is 1.91 bits per heavy atom. The Labute approximate surface area is 130 Å². The fourth-order valence-electron chi connectivity index (χ4n) is 3.31. The van der Waals surface area contributed by atoms with Crippen molar-refractivity contribution in [1.82, 2.24) is 0 Å². The van der Waals surface area contributed by atoms with Crippen molar-refractivity contribution >= 4 is 17.5 Å². The van der Waals surface area contributed by atoms with Gasteiger partial charge in [0.05, 0.1) is 5.92 Å². The van der Waals surface area contributed by atoms with Crippen LogP contribution in [0.15, 0.2) is 30.3 Å². The second-order valence-electron chi connectivity index (χ2n) is 5.83. The van der Waals surface area contributed by atoms with E-state index in [9.17, 15) is 14.7 Å². The maximum atomic E-state index is 11.3. The van der Waals surface area contributed by atoms with Crippen molar-refractivity contribution in [3.05, 3.63) is 35.9 Å². The van der Waals surface area contributed by atoms with Gasteiger partial charge in [-0.2, -0.15) is 0 Å². The monoisotopic (exact) mass is 302 g/mol. The van der Waals surface area contributed by atoms with Crippen molar-refractivity contribution in [2.45, 2.75) is 33.6 Å². The average molecular weight is 302 g/mol. The molecule has 4 nitrogen and oxygen atoms in total. The van der Waals surface area contributed by atoms with Crippen LogP contribution in [0.2, 0.25) is 0 Å². The molecule has 0 saturated heterocycles. The summed E-state index contributed by atoms with van der Waals surface area (Å²) < 4.78 is 5.04. The van der Waals surface area contributed by atoms with Crippen molar-refractivity contribution in [2.75, 3.05) is 0 Å². The number of hydrogen-bond donors (Lipinski definition) is 1. The molecule has 0 unspecified atom stereocenters. The maximum Gasteiger partial charge on any atom is 0.308 e. The van der Waals surface area contributed by atoms with Gasteiger partial charge in [0.25, 0.3) is 0 Å². The number of esters is 1. The minimum absolute atomic E-state index is 0.107. The third kappa shape index (κ3) is 3.38. The van der Waals surface area contributed by atoms with E-state index >= 15 is 0 Å². The zero-order chi connectivity index (χ0) is 16.3. The van der Waals surface area contributed by atoms with Crippen LogP contribution < -0.4 is 4.74 Å². The summed E-state index contributed by atoms with van der Waals surface area (Å²) in [6, 6.07) is 7.41. The van der Waals surface area contributed by atoms with Crippen LogP contribution in [-0.2, 0) is 9.59 Å². The van der Waals surface area contributed by atoms with E-state index < -0.39 is 5.97 Å². The van der Waals surface area contributed by atoms with Crippen LogP contribution in [0, 0.1) is 17.8 Å². The summed E-state index contributed by atoms with van der Waals surface area (Å²) in [5.74, 6) is -0.503. The number of carboxylic acid groups (broad SMARTS) is 1. The summed E-state index contributed by atoms with van der Waals surface area (Å²) in [6.45, 7) is 5.48. The molecular weight excluding hydrogens is 280 g/mol. The van der Waals surface area contributed by atoms with Gasteiger partial charge in [0.15, 0.2) is 0 Å². The summed E-state index contributed by atoms with van der Waals surface area (Å²) in [5.41, 5.74) is 2.26. The number of benzene rings is 1. The molecule has 1 aliphatic carbocycles. The Kier molecular flexibility index (Phi) is 5.01. The third-order valence-corrected chi connectivity index (χ3v) is 4.47. The smallest absolute Gasteiger partial charge is 0.308 e. The molecule has 0 aromatic heterocycles. The molecular formula is C18H22O4. The predicted molar refractivity (Wildman–Crippen MR) is 84.4 cm³/mol. The Hall–Kier alpha value is -2.10. The van der Waals surface area contributed by atoms with Crippen LogP contribution in [0.25, 0.3) is 5.57 Å². The number of aliphatic carboxylic acids is 1. The molecule has 0 heterocycles. The highest BCUT2D eigenvalue weighted by atomic mass is 16.5. The molecule has 0 radical (unpaired) electrons. The van der Waals surface area contributed by atoms with Gasteiger partial charge in [-0.05, 0) is 47.9 Å². The third-order valence-electron chi connectivity index (χ3n) is 4.47. The van der Waals surface area contributed by atoms with Crippen LogP contribution in [0.1, 0.15) is 39.2 Å². The predicted octanol–water partition coefficient (Wildman–Crippen LogP) is 3.76. The van der Waals surface area contributed by atoms with E-state index in [2.05, 4.69) is 6.92 Å². The molecule has 1 aromatic carbocycles. The van der Waals surface area contributed by atoms with Crippen molar-refractivity contribution < 1.29 is 19.4 Å². The Morgan fingerprint density at radius 3 is 2.41 bits per heavy atom. The standard InChI is InChI=1S/C18H22O4/c1-4-15-11(2)16(18(20)21)9-10-17(15)13-5-7-14(8-6-13)22-12(3)19/h5-8,10-11,15-16H,4,9H2,1-3H3,(H,20,21)/t11-,15+,16+/m1/s1. The van der Waals surface area contributed by atoms with Gasteiger partial charge in [-0.25, -0.2) is 0 Å². The van der Waals surface area contributed by atoms with Gasteiger partial charge >= 0.3 is 11.9 Å². The summed E-state index contributed by atoms with van der Waals surface area (Å²) >= 11 is 0. The van der Waals surface area contributed by atoms with Gasteiger partial charge in [0.2, 0.25) is 0 Å². The number of ether oxygens (including phenoxy) is 1. The van der Waals surface area contributed by atoms with E-state index in [0.717, 1.165) is 12.0 Å². The minimum Gasteiger partial charge on any atom is -0.481 e. The lowest BCUT2D eigenvalue weighted by Gasteiger charge is -2.34. The number of carbonyl (C=O) groups excluding carboxylic acids is 1. The van der Waals surface area contributed by atoms with Gasteiger partial charge in [-0.3, -0.25) is 9.59 Å². The first-order valence-electron chi connectivity index (χ1n) is 7.65. The molecule has 4 heteroatoms. The van der Waals surface area contributed by atoms with Gasteiger partial charge in [0.1, 0.15) is 5.75 Å². The highest BCUT2D eigenvalue weighted by Crippen LogP contribution is 2.41. The van der Waals surface area contributed by atoms with Crippen LogP contribution in [0.3, 0.4) is 0 Å². The van der Waals surface area contributed by atoms with Gasteiger partial charge < -0.3 is 9.84 Å². The molecule has 1 aliphatic rings. The molecule has 1 N–H and O–H groups in total. The highest BCUT2D eigenvalue weighted by Gasteiger charge is 2.35. The van der Waals surface area contributed by atoms with E-state index in [1.165, 1.54) is 12.5 Å². The summed E-state index contributed by atoms with van der Waals surface area (Å²) in [5, 5.41) is 9.32. The van der Waals surface area contributed by atoms with Crippen LogP contribution in [0.5, 0.6) is 5.75 Å². The summed E-state index contributed by atoms with van der Waals surface area (Å²) in [7, 11) is 0. The van der Waals surface area contributed by atoms with Gasteiger partial charge in [0, 0.05) is 6.92 Å². The van der Waals surface area contributed by atoms with Gasteiger partial charge in [-0.15, -0.1) is 0 Å². The molecule has 0 saturated carbocycles. The Balaban J connectivity index is 2.26. The quantitative estimate of drug-likeness (QED) is 0.679. The van der Waals surface area contributed by atoms with Crippen molar-refractivity contribution in [3.8, 4) is 5.75 Å². The lowest BCUT2D eigenvalue weighted by molar-refractivity contribution is -0.144. The molecule has 3 atom stereocenters. The number of allylic oxidation sites excluding steroid dienone is 2. The number of carboxylic acids is 1. The molecule has 0 fully saturated rings.